The van der Waals surface area contributed by atoms with Crippen LogP contribution < -0.4 is 4.74 Å². The number of halogens is 4. The van der Waals surface area contributed by atoms with Crippen molar-refractivity contribution in [1.29, 1.82) is 0 Å². The van der Waals surface area contributed by atoms with Crippen molar-refractivity contribution in [3.05, 3.63) is 27.5 Å². The van der Waals surface area contributed by atoms with Crippen molar-refractivity contribution in [3.63, 3.8) is 0 Å². The van der Waals surface area contributed by atoms with Gasteiger partial charge >= 0.3 is 13.3 Å². The normalized spacial score (nSPS) is 13.2. The van der Waals surface area contributed by atoms with Gasteiger partial charge in [0.15, 0.2) is 0 Å². The lowest BCUT2D eigenvalue weighted by molar-refractivity contribution is 0.0553. The maximum Gasteiger partial charge on any atom is 0.400 e. The van der Waals surface area contributed by atoms with Gasteiger partial charge in [-0.1, -0.05) is 15.9 Å². The molecule has 0 aliphatic rings. The molecule has 0 radical (unpaired) electrons. The van der Waals surface area contributed by atoms with Crippen LogP contribution in [-0.4, -0.2) is 43.1 Å². The molecule has 2 rings (SSSR count). The molecule has 0 aliphatic carbocycles. The molecule has 0 aliphatic heterocycles. The van der Waals surface area contributed by atoms with E-state index in [1.54, 1.807) is 33.8 Å². The number of ether oxygens (including phenoxy) is 1. The largest absolute Gasteiger partial charge is 0.493 e. The van der Waals surface area contributed by atoms with E-state index in [2.05, 4.69) is 31.9 Å². The third kappa shape index (κ3) is 8.97. The van der Waals surface area contributed by atoms with Crippen LogP contribution >= 0.6 is 50.8 Å². The smallest absolute Gasteiger partial charge is 0.400 e. The number of benzene rings is 1. The van der Waals surface area contributed by atoms with Gasteiger partial charge in [-0.3, -0.25) is 4.57 Å². The van der Waals surface area contributed by atoms with Crippen molar-refractivity contribution in [2.45, 2.75) is 57.4 Å². The molecule has 0 unspecified atom stereocenters. The standard InChI is InChI=1S/C14H16BrF2O5PS.C5H11BrO/c1-13(2,18)5-6-22-8-3-4-9-10(7-8)24-12(11(9)15)14(16,17)23(19,20)21;1-5(2,7)3-4-6/h3-4,7,18H,5-6H2,1-2H3,(H2,19,20,21);7H,3-4H2,1-2H3. The van der Waals surface area contributed by atoms with E-state index in [0.717, 1.165) is 11.8 Å². The highest BCUT2D eigenvalue weighted by atomic mass is 79.9. The quantitative estimate of drug-likeness (QED) is 0.216. The summed E-state index contributed by atoms with van der Waals surface area (Å²) < 4.78 is 44.8. The van der Waals surface area contributed by atoms with Crippen LogP contribution in [0.3, 0.4) is 0 Å². The van der Waals surface area contributed by atoms with Gasteiger partial charge in [0.2, 0.25) is 0 Å². The predicted molar refractivity (Wildman–Crippen MR) is 127 cm³/mol. The Hall–Kier alpha value is -0.130. The summed E-state index contributed by atoms with van der Waals surface area (Å²) in [7, 11) is -5.63. The molecule has 0 amide bonds. The average Bonchev–Trinajstić information content (AvgIpc) is 2.89. The Morgan fingerprint density at radius 2 is 1.65 bits per heavy atom. The lowest BCUT2D eigenvalue weighted by atomic mass is 10.1. The molecule has 1 aromatic carbocycles. The molecule has 0 fully saturated rings. The fourth-order valence-electron chi connectivity index (χ4n) is 2.11. The maximum absolute atomic E-state index is 14.0. The molecule has 0 saturated carbocycles. The fraction of sp³-hybridized carbons (Fsp3) is 0.579. The Bertz CT molecular complexity index is 918. The van der Waals surface area contributed by atoms with Crippen LogP contribution in [0.25, 0.3) is 10.1 Å². The van der Waals surface area contributed by atoms with Gasteiger partial charge in [-0.15, -0.1) is 11.3 Å². The first kappa shape index (κ1) is 28.9. The maximum atomic E-state index is 14.0. The average molecular weight is 612 g/mol. The van der Waals surface area contributed by atoms with Crippen molar-refractivity contribution in [3.8, 4) is 5.75 Å². The lowest BCUT2D eigenvalue weighted by Gasteiger charge is -2.17. The highest BCUT2D eigenvalue weighted by Crippen LogP contribution is 2.63. The number of fused-ring (bicyclic) bond motifs is 1. The van der Waals surface area contributed by atoms with E-state index in [0.29, 0.717) is 33.6 Å². The summed E-state index contributed by atoms with van der Waals surface area (Å²) in [6, 6.07) is 4.63. The number of hydrogen-bond donors (Lipinski definition) is 4. The Balaban J connectivity index is 0.000000592. The third-order valence-electron chi connectivity index (χ3n) is 3.93. The molecule has 31 heavy (non-hydrogen) atoms. The fourth-order valence-corrected chi connectivity index (χ4v) is 6.07. The second-order valence-corrected chi connectivity index (χ2v) is 12.4. The monoisotopic (exact) mass is 610 g/mol. The molecule has 0 saturated heterocycles. The minimum Gasteiger partial charge on any atom is -0.493 e. The van der Waals surface area contributed by atoms with E-state index >= 15 is 0 Å². The molecule has 178 valence electrons. The van der Waals surface area contributed by atoms with Gasteiger partial charge in [0.25, 0.3) is 0 Å². The first-order chi connectivity index (χ1) is 13.9. The molecule has 12 heteroatoms. The van der Waals surface area contributed by atoms with Crippen LogP contribution in [0.2, 0.25) is 0 Å². The van der Waals surface area contributed by atoms with E-state index in [4.69, 9.17) is 19.6 Å². The highest BCUT2D eigenvalue weighted by Gasteiger charge is 2.53. The van der Waals surface area contributed by atoms with Crippen molar-refractivity contribution in [1.82, 2.24) is 0 Å². The van der Waals surface area contributed by atoms with Crippen LogP contribution in [0.5, 0.6) is 5.75 Å². The Labute approximate surface area is 201 Å². The Morgan fingerprint density at radius 3 is 2.06 bits per heavy atom. The number of hydrogen-bond acceptors (Lipinski definition) is 5. The number of rotatable bonds is 8. The molecule has 1 aromatic heterocycles. The van der Waals surface area contributed by atoms with E-state index in [9.17, 15) is 18.5 Å². The highest BCUT2D eigenvalue weighted by molar-refractivity contribution is 9.10. The number of alkyl halides is 3. The molecule has 6 nitrogen and oxygen atoms in total. The Kier molecular flexibility index (Phi) is 10.1. The van der Waals surface area contributed by atoms with Crippen molar-refractivity contribution >= 4 is 60.9 Å². The van der Waals surface area contributed by atoms with Crippen LogP contribution in [0, 0.1) is 0 Å². The predicted octanol–water partition coefficient (Wildman–Crippen LogP) is 5.97. The SMILES string of the molecule is CC(C)(O)CCBr.CC(C)(O)CCOc1ccc2c(Br)c(C(F)(F)P(=O)(O)O)sc2c1. The zero-order valence-electron chi connectivity index (χ0n) is 17.5. The van der Waals surface area contributed by atoms with Crippen LogP contribution in [0.15, 0.2) is 22.7 Å². The number of thiophene rings is 1. The van der Waals surface area contributed by atoms with E-state index in [1.165, 1.54) is 12.1 Å². The molecule has 0 spiro atoms. The minimum atomic E-state index is -5.63. The van der Waals surface area contributed by atoms with Gasteiger partial charge in [-0.25, -0.2) is 0 Å². The molecular weight excluding hydrogens is 585 g/mol. The summed E-state index contributed by atoms with van der Waals surface area (Å²) in [5, 5.41) is 19.9. The van der Waals surface area contributed by atoms with E-state index in [-0.39, 0.29) is 11.1 Å². The van der Waals surface area contributed by atoms with Gasteiger partial charge in [0.05, 0.1) is 17.8 Å². The molecule has 0 atom stereocenters. The summed E-state index contributed by atoms with van der Waals surface area (Å²) in [4.78, 5) is 17.1. The zero-order valence-corrected chi connectivity index (χ0v) is 22.4. The lowest BCUT2D eigenvalue weighted by Crippen LogP contribution is -2.21. The zero-order chi connectivity index (χ0) is 24.3. The summed E-state index contributed by atoms with van der Waals surface area (Å²) in [6.07, 6.45) is 1.20. The van der Waals surface area contributed by atoms with Crippen LogP contribution in [0.1, 0.15) is 45.4 Å². The summed E-state index contributed by atoms with van der Waals surface area (Å²) >= 11 is 6.81. The summed E-state index contributed by atoms with van der Waals surface area (Å²) in [6.45, 7) is 7.13. The second kappa shape index (κ2) is 10.9. The van der Waals surface area contributed by atoms with Crippen LogP contribution in [-0.2, 0) is 10.2 Å². The molecule has 1 heterocycles. The number of aliphatic hydroxyl groups is 2. The van der Waals surface area contributed by atoms with Crippen molar-refractivity contribution < 1.29 is 38.1 Å². The van der Waals surface area contributed by atoms with Gasteiger partial charge in [-0.05, 0) is 68.2 Å². The Morgan fingerprint density at radius 1 is 1.10 bits per heavy atom. The topological polar surface area (TPSA) is 107 Å². The van der Waals surface area contributed by atoms with Gasteiger partial charge in [0.1, 0.15) is 10.6 Å². The van der Waals surface area contributed by atoms with Gasteiger partial charge in [-0.2, -0.15) is 8.78 Å². The summed E-state index contributed by atoms with van der Waals surface area (Å²) in [5.41, 5.74) is -5.64. The third-order valence-corrected chi connectivity index (χ3v) is 7.74. The van der Waals surface area contributed by atoms with Crippen molar-refractivity contribution in [2.75, 3.05) is 11.9 Å². The first-order valence-corrected chi connectivity index (χ1v) is 13.5. The van der Waals surface area contributed by atoms with E-state index in [1.807, 2.05) is 0 Å². The first-order valence-electron chi connectivity index (χ1n) is 9.18. The van der Waals surface area contributed by atoms with E-state index < -0.39 is 29.3 Å². The minimum absolute atomic E-state index is 0.0427. The van der Waals surface area contributed by atoms with Gasteiger partial charge in [0, 0.05) is 26.3 Å². The van der Waals surface area contributed by atoms with Gasteiger partial charge < -0.3 is 24.7 Å². The van der Waals surface area contributed by atoms with Crippen LogP contribution in [0.4, 0.5) is 8.78 Å². The second-order valence-electron chi connectivity index (χ2n) is 8.15. The molecule has 2 aromatic rings. The van der Waals surface area contributed by atoms with Crippen molar-refractivity contribution in [2.24, 2.45) is 0 Å². The molecule has 0 bridgehead atoms. The summed E-state index contributed by atoms with van der Waals surface area (Å²) in [5.74, 6) is 0.423. The molecular formula is C19H27Br2F2O6PS. The molecule has 4 N–H and O–H groups in total.